The van der Waals surface area contributed by atoms with Gasteiger partial charge < -0.3 is 15.6 Å². The molecule has 0 fully saturated rings. The Labute approximate surface area is 108 Å². The maximum atomic E-state index is 9.30. The first kappa shape index (κ1) is 11.8. The molecule has 0 atom stereocenters. The zero-order valence-electron chi connectivity index (χ0n) is 9.06. The lowest BCUT2D eigenvalue weighted by atomic mass is 10.2. The molecule has 3 nitrogen and oxygen atoms in total. The zero-order valence-corrected chi connectivity index (χ0v) is 10.6. The van der Waals surface area contributed by atoms with Crippen molar-refractivity contribution >= 4 is 21.6 Å². The number of hydrogen-bond donors (Lipinski definition) is 2. The van der Waals surface area contributed by atoms with Gasteiger partial charge in [0.2, 0.25) is 0 Å². The molecule has 2 rings (SSSR count). The molecule has 2 aromatic carbocycles. The summed E-state index contributed by atoms with van der Waals surface area (Å²) in [6.45, 7) is 0.421. The minimum atomic E-state index is 0.193. The number of halogens is 1. The van der Waals surface area contributed by atoms with E-state index in [-0.39, 0.29) is 5.75 Å². The second kappa shape index (κ2) is 5.10. The molecule has 0 spiro atoms. The van der Waals surface area contributed by atoms with Crippen molar-refractivity contribution in [3.05, 3.63) is 52.5 Å². The molecule has 0 heterocycles. The van der Waals surface area contributed by atoms with Crippen LogP contribution < -0.4 is 10.5 Å². The number of anilines is 1. The molecular formula is C13H12BrNO2. The van der Waals surface area contributed by atoms with E-state index >= 15 is 0 Å². The van der Waals surface area contributed by atoms with Gasteiger partial charge in [0.15, 0.2) is 0 Å². The molecule has 0 bridgehead atoms. The van der Waals surface area contributed by atoms with Crippen LogP contribution in [0.15, 0.2) is 46.9 Å². The van der Waals surface area contributed by atoms with Crippen molar-refractivity contribution in [2.45, 2.75) is 6.61 Å². The maximum absolute atomic E-state index is 9.30. The molecule has 0 saturated heterocycles. The fourth-order valence-corrected chi connectivity index (χ4v) is 1.93. The van der Waals surface area contributed by atoms with E-state index in [4.69, 9.17) is 10.5 Å². The van der Waals surface area contributed by atoms with Crippen LogP contribution in [0.4, 0.5) is 5.69 Å². The van der Waals surface area contributed by atoms with E-state index in [0.29, 0.717) is 18.0 Å². The van der Waals surface area contributed by atoms with Crippen LogP contribution in [0.2, 0.25) is 0 Å². The van der Waals surface area contributed by atoms with Crippen molar-refractivity contribution in [2.75, 3.05) is 5.73 Å². The van der Waals surface area contributed by atoms with E-state index in [9.17, 15) is 5.11 Å². The Morgan fingerprint density at radius 1 is 1.18 bits per heavy atom. The number of ether oxygens (including phenoxy) is 1. The normalized spacial score (nSPS) is 10.2. The van der Waals surface area contributed by atoms with Crippen LogP contribution in [0.25, 0.3) is 0 Å². The highest BCUT2D eigenvalue weighted by Gasteiger charge is 2.02. The lowest BCUT2D eigenvalue weighted by Crippen LogP contribution is -1.97. The van der Waals surface area contributed by atoms with Gasteiger partial charge in [-0.15, -0.1) is 0 Å². The molecular weight excluding hydrogens is 282 g/mol. The standard InChI is InChI=1S/C13H12BrNO2/c14-13-6-10(15)5-4-9(13)8-17-12-3-1-2-11(16)7-12/h1-7,16H,8,15H2. The predicted molar refractivity (Wildman–Crippen MR) is 71.0 cm³/mol. The Bertz CT molecular complexity index is 529. The Balaban J connectivity index is 2.07. The summed E-state index contributed by atoms with van der Waals surface area (Å²) in [6.07, 6.45) is 0. The monoisotopic (exact) mass is 293 g/mol. The first-order valence-electron chi connectivity index (χ1n) is 5.11. The number of phenols is 1. The third-order valence-corrected chi connectivity index (χ3v) is 3.03. The van der Waals surface area contributed by atoms with Gasteiger partial charge in [0, 0.05) is 21.8 Å². The Hall–Kier alpha value is -1.68. The molecule has 3 N–H and O–H groups in total. The van der Waals surface area contributed by atoms with Crippen molar-refractivity contribution in [3.63, 3.8) is 0 Å². The van der Waals surface area contributed by atoms with Gasteiger partial charge in [-0.05, 0) is 24.3 Å². The minimum absolute atomic E-state index is 0.193. The van der Waals surface area contributed by atoms with Crippen molar-refractivity contribution in [3.8, 4) is 11.5 Å². The fraction of sp³-hybridized carbons (Fsp3) is 0.0769. The first-order valence-corrected chi connectivity index (χ1v) is 5.90. The van der Waals surface area contributed by atoms with Crippen LogP contribution in [-0.2, 0) is 6.61 Å². The SMILES string of the molecule is Nc1ccc(COc2cccc(O)c2)c(Br)c1. The van der Waals surface area contributed by atoms with E-state index in [2.05, 4.69) is 15.9 Å². The smallest absolute Gasteiger partial charge is 0.123 e. The fourth-order valence-electron chi connectivity index (χ4n) is 1.42. The Kier molecular flexibility index (Phi) is 3.54. The number of hydrogen-bond acceptors (Lipinski definition) is 3. The first-order chi connectivity index (χ1) is 8.15. The predicted octanol–water partition coefficient (Wildman–Crippen LogP) is 3.32. The van der Waals surface area contributed by atoms with Crippen LogP contribution >= 0.6 is 15.9 Å². The summed E-state index contributed by atoms with van der Waals surface area (Å²) in [4.78, 5) is 0. The highest BCUT2D eigenvalue weighted by atomic mass is 79.9. The summed E-state index contributed by atoms with van der Waals surface area (Å²) in [6, 6.07) is 12.3. The van der Waals surface area contributed by atoms with Gasteiger partial charge in [-0.25, -0.2) is 0 Å². The Morgan fingerprint density at radius 2 is 2.00 bits per heavy atom. The molecule has 0 aromatic heterocycles. The third kappa shape index (κ3) is 3.14. The van der Waals surface area contributed by atoms with E-state index in [1.807, 2.05) is 18.2 Å². The van der Waals surface area contributed by atoms with Gasteiger partial charge >= 0.3 is 0 Å². The molecule has 0 amide bonds. The van der Waals surface area contributed by atoms with Gasteiger partial charge in [-0.2, -0.15) is 0 Å². The quantitative estimate of drug-likeness (QED) is 0.854. The number of benzene rings is 2. The van der Waals surface area contributed by atoms with Crippen LogP contribution in [0.3, 0.4) is 0 Å². The average molecular weight is 294 g/mol. The van der Waals surface area contributed by atoms with Crippen LogP contribution in [0.1, 0.15) is 5.56 Å². The summed E-state index contributed by atoms with van der Waals surface area (Å²) < 4.78 is 6.48. The summed E-state index contributed by atoms with van der Waals surface area (Å²) >= 11 is 3.43. The molecule has 0 aliphatic rings. The molecule has 4 heteroatoms. The molecule has 0 aliphatic carbocycles. The van der Waals surface area contributed by atoms with Crippen molar-refractivity contribution in [1.82, 2.24) is 0 Å². The number of aromatic hydroxyl groups is 1. The topological polar surface area (TPSA) is 55.5 Å². The van der Waals surface area contributed by atoms with Crippen LogP contribution in [0, 0.1) is 0 Å². The van der Waals surface area contributed by atoms with Gasteiger partial charge in [0.1, 0.15) is 18.1 Å². The maximum Gasteiger partial charge on any atom is 0.123 e. The van der Waals surface area contributed by atoms with Crippen LogP contribution in [-0.4, -0.2) is 5.11 Å². The molecule has 0 saturated carbocycles. The largest absolute Gasteiger partial charge is 0.508 e. The lowest BCUT2D eigenvalue weighted by Gasteiger charge is -2.08. The zero-order chi connectivity index (χ0) is 12.3. The summed E-state index contributed by atoms with van der Waals surface area (Å²) in [7, 11) is 0. The number of rotatable bonds is 3. The lowest BCUT2D eigenvalue weighted by molar-refractivity contribution is 0.303. The second-order valence-corrected chi connectivity index (χ2v) is 4.49. The highest BCUT2D eigenvalue weighted by molar-refractivity contribution is 9.10. The summed E-state index contributed by atoms with van der Waals surface area (Å²) in [5.74, 6) is 0.826. The second-order valence-electron chi connectivity index (χ2n) is 3.64. The number of nitrogens with two attached hydrogens (primary N) is 1. The average Bonchev–Trinajstić information content (AvgIpc) is 2.28. The number of phenolic OH excluding ortho intramolecular Hbond substituents is 1. The van der Waals surface area contributed by atoms with Gasteiger partial charge in [-0.3, -0.25) is 0 Å². The molecule has 0 radical (unpaired) electrons. The van der Waals surface area contributed by atoms with Crippen molar-refractivity contribution in [1.29, 1.82) is 0 Å². The van der Waals surface area contributed by atoms with E-state index in [1.54, 1.807) is 24.3 Å². The van der Waals surface area contributed by atoms with E-state index in [1.165, 1.54) is 0 Å². The highest BCUT2D eigenvalue weighted by Crippen LogP contribution is 2.23. The third-order valence-electron chi connectivity index (χ3n) is 2.29. The Morgan fingerprint density at radius 3 is 2.71 bits per heavy atom. The number of nitrogen functional groups attached to an aromatic ring is 1. The van der Waals surface area contributed by atoms with E-state index in [0.717, 1.165) is 10.0 Å². The summed E-state index contributed by atoms with van der Waals surface area (Å²) in [5, 5.41) is 9.30. The molecule has 17 heavy (non-hydrogen) atoms. The van der Waals surface area contributed by atoms with Gasteiger partial charge in [-0.1, -0.05) is 28.1 Å². The minimum Gasteiger partial charge on any atom is -0.508 e. The molecule has 2 aromatic rings. The van der Waals surface area contributed by atoms with E-state index < -0.39 is 0 Å². The van der Waals surface area contributed by atoms with Crippen molar-refractivity contribution < 1.29 is 9.84 Å². The van der Waals surface area contributed by atoms with Gasteiger partial charge in [0.25, 0.3) is 0 Å². The van der Waals surface area contributed by atoms with Gasteiger partial charge in [0.05, 0.1) is 0 Å². The molecule has 0 aliphatic heterocycles. The molecule has 0 unspecified atom stereocenters. The van der Waals surface area contributed by atoms with Crippen LogP contribution in [0.5, 0.6) is 11.5 Å². The van der Waals surface area contributed by atoms with Crippen molar-refractivity contribution in [2.24, 2.45) is 0 Å². The molecule has 88 valence electrons. The summed E-state index contributed by atoms with van der Waals surface area (Å²) in [5.41, 5.74) is 7.36.